The van der Waals surface area contributed by atoms with E-state index in [1.165, 1.54) is 11.3 Å². The molecule has 5 heteroatoms. The predicted molar refractivity (Wildman–Crippen MR) is 71.8 cm³/mol. The molecule has 1 amide bonds. The highest BCUT2D eigenvalue weighted by Gasteiger charge is 2.12. The first kappa shape index (κ1) is 10.9. The standard InChI is InChI=1S/C13H9N3OS/c17-12(15-9-4-2-1-3-5-9)13-16-10-8-14-7-6-11(10)18-13/h1-8H,(H,15,17). The van der Waals surface area contributed by atoms with Gasteiger partial charge in [0.15, 0.2) is 5.01 Å². The number of nitrogens with zero attached hydrogens (tertiary/aromatic N) is 2. The Morgan fingerprint density at radius 2 is 2.00 bits per heavy atom. The van der Waals surface area contributed by atoms with E-state index >= 15 is 0 Å². The van der Waals surface area contributed by atoms with Gasteiger partial charge in [0, 0.05) is 11.9 Å². The minimum absolute atomic E-state index is 0.192. The van der Waals surface area contributed by atoms with Crippen LogP contribution in [0.25, 0.3) is 10.2 Å². The lowest BCUT2D eigenvalue weighted by Gasteiger charge is -2.01. The number of fused-ring (bicyclic) bond motifs is 1. The monoisotopic (exact) mass is 255 g/mol. The van der Waals surface area contributed by atoms with E-state index in [0.29, 0.717) is 5.01 Å². The van der Waals surface area contributed by atoms with Crippen molar-refractivity contribution in [1.29, 1.82) is 0 Å². The topological polar surface area (TPSA) is 54.9 Å². The van der Waals surface area contributed by atoms with Crippen molar-refractivity contribution in [3.8, 4) is 0 Å². The van der Waals surface area contributed by atoms with Crippen molar-refractivity contribution in [2.75, 3.05) is 5.32 Å². The van der Waals surface area contributed by atoms with Crippen molar-refractivity contribution in [2.45, 2.75) is 0 Å². The zero-order valence-electron chi connectivity index (χ0n) is 9.33. The third-order valence-corrected chi connectivity index (χ3v) is 3.45. The van der Waals surface area contributed by atoms with E-state index in [-0.39, 0.29) is 5.91 Å². The molecule has 2 aromatic heterocycles. The average molecular weight is 255 g/mol. The molecule has 18 heavy (non-hydrogen) atoms. The second-order valence-corrected chi connectivity index (χ2v) is 4.71. The van der Waals surface area contributed by atoms with Gasteiger partial charge in [-0.1, -0.05) is 18.2 Å². The molecule has 3 rings (SSSR count). The fourth-order valence-corrected chi connectivity index (χ4v) is 2.41. The van der Waals surface area contributed by atoms with E-state index in [1.807, 2.05) is 36.4 Å². The summed E-state index contributed by atoms with van der Waals surface area (Å²) in [6.07, 6.45) is 3.35. The largest absolute Gasteiger partial charge is 0.320 e. The molecular weight excluding hydrogens is 246 g/mol. The minimum Gasteiger partial charge on any atom is -0.320 e. The van der Waals surface area contributed by atoms with Crippen LogP contribution in [0.4, 0.5) is 5.69 Å². The van der Waals surface area contributed by atoms with Crippen LogP contribution in [0.2, 0.25) is 0 Å². The molecule has 1 aromatic carbocycles. The van der Waals surface area contributed by atoms with Crippen molar-refractivity contribution in [3.05, 3.63) is 53.8 Å². The minimum atomic E-state index is -0.192. The van der Waals surface area contributed by atoms with Crippen LogP contribution in [0.15, 0.2) is 48.8 Å². The van der Waals surface area contributed by atoms with Crippen LogP contribution in [0.5, 0.6) is 0 Å². The highest BCUT2D eigenvalue weighted by Crippen LogP contribution is 2.21. The van der Waals surface area contributed by atoms with Gasteiger partial charge in [0.25, 0.3) is 5.91 Å². The van der Waals surface area contributed by atoms with Gasteiger partial charge >= 0.3 is 0 Å². The summed E-state index contributed by atoms with van der Waals surface area (Å²) >= 11 is 1.36. The normalized spacial score (nSPS) is 10.4. The van der Waals surface area contributed by atoms with Gasteiger partial charge in [0.2, 0.25) is 0 Å². The number of carbonyl (C=O) groups is 1. The second-order valence-electron chi connectivity index (χ2n) is 3.68. The van der Waals surface area contributed by atoms with Crippen LogP contribution in [0.1, 0.15) is 9.80 Å². The van der Waals surface area contributed by atoms with Crippen LogP contribution in [0, 0.1) is 0 Å². The molecule has 0 radical (unpaired) electrons. The highest BCUT2D eigenvalue weighted by atomic mass is 32.1. The molecule has 3 aromatic rings. The predicted octanol–water partition coefficient (Wildman–Crippen LogP) is 2.94. The Labute approximate surface area is 107 Å². The number of para-hydroxylation sites is 1. The van der Waals surface area contributed by atoms with Gasteiger partial charge in [0.05, 0.1) is 10.9 Å². The first-order valence-electron chi connectivity index (χ1n) is 5.40. The molecule has 0 aliphatic carbocycles. The van der Waals surface area contributed by atoms with Gasteiger partial charge in [-0.2, -0.15) is 0 Å². The Kier molecular flexibility index (Phi) is 2.74. The number of hydrogen-bond donors (Lipinski definition) is 1. The number of thiazole rings is 1. The number of benzene rings is 1. The summed E-state index contributed by atoms with van der Waals surface area (Å²) in [5.74, 6) is -0.192. The molecule has 88 valence electrons. The summed E-state index contributed by atoms with van der Waals surface area (Å²) in [5, 5.41) is 3.25. The Balaban J connectivity index is 1.88. The third-order valence-electron chi connectivity index (χ3n) is 2.42. The smallest absolute Gasteiger partial charge is 0.284 e. The molecule has 4 nitrogen and oxygen atoms in total. The second kappa shape index (κ2) is 4.54. The van der Waals surface area contributed by atoms with Crippen LogP contribution in [-0.2, 0) is 0 Å². The quantitative estimate of drug-likeness (QED) is 0.766. The summed E-state index contributed by atoms with van der Waals surface area (Å²) < 4.78 is 0.961. The Morgan fingerprint density at radius 3 is 2.78 bits per heavy atom. The maximum atomic E-state index is 12.0. The Morgan fingerprint density at radius 1 is 1.17 bits per heavy atom. The molecule has 1 N–H and O–H groups in total. The number of carbonyl (C=O) groups excluding carboxylic acids is 1. The van der Waals surface area contributed by atoms with Crippen molar-refractivity contribution in [2.24, 2.45) is 0 Å². The van der Waals surface area contributed by atoms with Gasteiger partial charge in [-0.05, 0) is 18.2 Å². The number of aromatic nitrogens is 2. The summed E-state index contributed by atoms with van der Waals surface area (Å²) in [6.45, 7) is 0. The van der Waals surface area contributed by atoms with Crippen molar-refractivity contribution in [1.82, 2.24) is 9.97 Å². The molecule has 0 atom stereocenters. The van der Waals surface area contributed by atoms with Gasteiger partial charge in [-0.25, -0.2) is 4.98 Å². The number of pyridine rings is 1. The lowest BCUT2D eigenvalue weighted by molar-refractivity contribution is 0.102. The van der Waals surface area contributed by atoms with Gasteiger partial charge in [-0.15, -0.1) is 11.3 Å². The van der Waals surface area contributed by atoms with Crippen LogP contribution in [-0.4, -0.2) is 15.9 Å². The van der Waals surface area contributed by atoms with Crippen LogP contribution < -0.4 is 5.32 Å². The molecule has 0 fully saturated rings. The average Bonchev–Trinajstić information content (AvgIpc) is 2.84. The van der Waals surface area contributed by atoms with E-state index in [2.05, 4.69) is 15.3 Å². The molecule has 2 heterocycles. The lowest BCUT2D eigenvalue weighted by atomic mass is 10.3. The molecular formula is C13H9N3OS. The van der Waals surface area contributed by atoms with Gasteiger partial charge in [-0.3, -0.25) is 9.78 Å². The zero-order chi connectivity index (χ0) is 12.4. The number of hydrogen-bond acceptors (Lipinski definition) is 4. The number of rotatable bonds is 2. The van der Waals surface area contributed by atoms with Gasteiger partial charge < -0.3 is 5.32 Å². The Hall–Kier alpha value is -2.27. The van der Waals surface area contributed by atoms with Crippen LogP contribution in [0.3, 0.4) is 0 Å². The van der Waals surface area contributed by atoms with E-state index in [9.17, 15) is 4.79 Å². The fraction of sp³-hybridized carbons (Fsp3) is 0. The van der Waals surface area contributed by atoms with E-state index in [0.717, 1.165) is 15.9 Å². The Bertz CT molecular complexity index is 661. The van der Waals surface area contributed by atoms with E-state index in [4.69, 9.17) is 0 Å². The molecule has 0 saturated heterocycles. The van der Waals surface area contributed by atoms with E-state index in [1.54, 1.807) is 12.4 Å². The van der Waals surface area contributed by atoms with Crippen LogP contribution >= 0.6 is 11.3 Å². The van der Waals surface area contributed by atoms with Crippen molar-refractivity contribution >= 4 is 33.1 Å². The number of anilines is 1. The third kappa shape index (κ3) is 2.08. The van der Waals surface area contributed by atoms with E-state index < -0.39 is 0 Å². The maximum Gasteiger partial charge on any atom is 0.284 e. The molecule has 0 saturated carbocycles. The molecule has 0 unspecified atom stereocenters. The molecule has 0 aliphatic rings. The summed E-state index contributed by atoms with van der Waals surface area (Å²) in [5.41, 5.74) is 1.51. The number of nitrogens with one attached hydrogen (secondary N) is 1. The zero-order valence-corrected chi connectivity index (χ0v) is 10.1. The summed E-state index contributed by atoms with van der Waals surface area (Å²) in [7, 11) is 0. The first-order valence-corrected chi connectivity index (χ1v) is 6.21. The fourth-order valence-electron chi connectivity index (χ4n) is 1.58. The maximum absolute atomic E-state index is 12.0. The summed E-state index contributed by atoms with van der Waals surface area (Å²) in [4.78, 5) is 20.2. The molecule has 0 aliphatic heterocycles. The number of amides is 1. The van der Waals surface area contributed by atoms with Gasteiger partial charge in [0.1, 0.15) is 5.52 Å². The first-order chi connectivity index (χ1) is 8.83. The molecule has 0 spiro atoms. The van der Waals surface area contributed by atoms with Crippen molar-refractivity contribution in [3.63, 3.8) is 0 Å². The molecule has 0 bridgehead atoms. The summed E-state index contributed by atoms with van der Waals surface area (Å²) in [6, 6.07) is 11.2. The highest BCUT2D eigenvalue weighted by molar-refractivity contribution is 7.20. The SMILES string of the molecule is O=C(Nc1ccccc1)c1nc2cnccc2s1. The van der Waals surface area contributed by atoms with Crippen molar-refractivity contribution < 1.29 is 4.79 Å². The lowest BCUT2D eigenvalue weighted by Crippen LogP contribution is -2.11.